The average Bonchev–Trinajstić information content (AvgIpc) is 3.25. The molecule has 6 rings (SSSR count). The molecule has 34 heavy (non-hydrogen) atoms. The zero-order valence-corrected chi connectivity index (χ0v) is 19.7. The third kappa shape index (κ3) is 3.97. The molecule has 0 aliphatic carbocycles. The standard InChI is InChI=1S/C28H31N5O/c1-34-23-7-8-24-25(13-23)31-26-18-33(16-21-5-3-2-4-6-21)19-28(27(24)26)9-11-32(12-10-28)17-22-14-29-20-30-15-22/h2-8,13-15,20,31H,9-12,16-19H2,1H3. The van der Waals surface area contributed by atoms with Crippen molar-refractivity contribution in [2.45, 2.75) is 37.9 Å². The summed E-state index contributed by atoms with van der Waals surface area (Å²) < 4.78 is 5.51. The van der Waals surface area contributed by atoms with Crippen LogP contribution in [-0.2, 0) is 25.0 Å². The molecule has 0 radical (unpaired) electrons. The van der Waals surface area contributed by atoms with Gasteiger partial charge in [0.15, 0.2) is 0 Å². The average molecular weight is 454 g/mol. The monoisotopic (exact) mass is 453 g/mol. The minimum absolute atomic E-state index is 0.152. The molecule has 0 saturated carbocycles. The summed E-state index contributed by atoms with van der Waals surface area (Å²) >= 11 is 0. The number of benzene rings is 2. The molecule has 0 amide bonds. The number of H-pyrrole nitrogens is 1. The van der Waals surface area contributed by atoms with Crippen LogP contribution in [0.3, 0.4) is 0 Å². The van der Waals surface area contributed by atoms with Crippen LogP contribution in [0.2, 0.25) is 0 Å². The molecule has 2 aromatic carbocycles. The van der Waals surface area contributed by atoms with Gasteiger partial charge in [-0.15, -0.1) is 0 Å². The van der Waals surface area contributed by atoms with E-state index in [4.69, 9.17) is 4.74 Å². The fourth-order valence-corrected chi connectivity index (χ4v) is 6.04. The van der Waals surface area contributed by atoms with E-state index in [0.29, 0.717) is 0 Å². The van der Waals surface area contributed by atoms with Crippen LogP contribution in [0.1, 0.15) is 35.2 Å². The van der Waals surface area contributed by atoms with E-state index in [1.165, 1.54) is 33.3 Å². The minimum Gasteiger partial charge on any atom is -0.497 e. The normalized spacial score (nSPS) is 18.3. The smallest absolute Gasteiger partial charge is 0.120 e. The van der Waals surface area contributed by atoms with Gasteiger partial charge in [-0.05, 0) is 49.2 Å². The van der Waals surface area contributed by atoms with E-state index in [1.807, 2.05) is 12.4 Å². The number of likely N-dealkylation sites (tertiary alicyclic amines) is 1. The first-order chi connectivity index (χ1) is 16.7. The van der Waals surface area contributed by atoms with Gasteiger partial charge >= 0.3 is 0 Å². The molecule has 6 nitrogen and oxygen atoms in total. The number of methoxy groups -OCH3 is 1. The van der Waals surface area contributed by atoms with E-state index in [2.05, 4.69) is 73.3 Å². The summed E-state index contributed by atoms with van der Waals surface area (Å²) in [4.78, 5) is 17.4. The van der Waals surface area contributed by atoms with Gasteiger partial charge in [0, 0.05) is 72.2 Å². The molecule has 4 aromatic rings. The molecular formula is C28H31N5O. The lowest BCUT2D eigenvalue weighted by Crippen LogP contribution is -2.51. The molecule has 1 saturated heterocycles. The van der Waals surface area contributed by atoms with Crippen molar-refractivity contribution in [3.05, 3.63) is 89.6 Å². The number of ether oxygens (including phenoxy) is 1. The Hall–Kier alpha value is -3.22. The highest BCUT2D eigenvalue weighted by Crippen LogP contribution is 2.46. The van der Waals surface area contributed by atoms with Crippen molar-refractivity contribution in [1.82, 2.24) is 24.8 Å². The first-order valence-corrected chi connectivity index (χ1v) is 12.1. The third-order valence-corrected chi connectivity index (χ3v) is 7.60. The van der Waals surface area contributed by atoms with Crippen molar-refractivity contribution in [3.63, 3.8) is 0 Å². The maximum Gasteiger partial charge on any atom is 0.120 e. The van der Waals surface area contributed by atoms with E-state index < -0.39 is 0 Å². The second kappa shape index (κ2) is 8.85. The molecule has 2 aromatic heterocycles. The molecule has 0 unspecified atom stereocenters. The Morgan fingerprint density at radius 1 is 0.941 bits per heavy atom. The van der Waals surface area contributed by atoms with Gasteiger partial charge in [-0.25, -0.2) is 9.97 Å². The highest BCUT2D eigenvalue weighted by atomic mass is 16.5. The Labute approximate surface area is 200 Å². The summed E-state index contributed by atoms with van der Waals surface area (Å²) in [6, 6.07) is 17.4. The van der Waals surface area contributed by atoms with Crippen LogP contribution >= 0.6 is 0 Å². The van der Waals surface area contributed by atoms with Crippen molar-refractivity contribution in [3.8, 4) is 5.75 Å². The number of fused-ring (bicyclic) bond motifs is 4. The Morgan fingerprint density at radius 2 is 1.71 bits per heavy atom. The van der Waals surface area contributed by atoms with E-state index in [9.17, 15) is 0 Å². The molecule has 4 heterocycles. The number of piperidine rings is 1. The van der Waals surface area contributed by atoms with Crippen LogP contribution in [0, 0.1) is 0 Å². The van der Waals surface area contributed by atoms with Crippen molar-refractivity contribution in [2.24, 2.45) is 0 Å². The topological polar surface area (TPSA) is 57.3 Å². The lowest BCUT2D eigenvalue weighted by Gasteiger charge is -2.48. The highest BCUT2D eigenvalue weighted by Gasteiger charge is 2.44. The van der Waals surface area contributed by atoms with Crippen LogP contribution in [0.5, 0.6) is 5.75 Å². The third-order valence-electron chi connectivity index (χ3n) is 7.60. The number of aromatic amines is 1. The summed E-state index contributed by atoms with van der Waals surface area (Å²) in [6.07, 6.45) is 7.77. The van der Waals surface area contributed by atoms with Gasteiger partial charge in [-0.1, -0.05) is 30.3 Å². The van der Waals surface area contributed by atoms with Gasteiger partial charge in [0.2, 0.25) is 0 Å². The maximum absolute atomic E-state index is 5.51. The van der Waals surface area contributed by atoms with Crippen molar-refractivity contribution >= 4 is 10.9 Å². The summed E-state index contributed by atoms with van der Waals surface area (Å²) in [7, 11) is 1.74. The number of rotatable bonds is 5. The summed E-state index contributed by atoms with van der Waals surface area (Å²) in [6.45, 7) is 6.10. The van der Waals surface area contributed by atoms with Gasteiger partial charge in [-0.2, -0.15) is 0 Å². The molecule has 2 aliphatic heterocycles. The minimum atomic E-state index is 0.152. The van der Waals surface area contributed by atoms with E-state index in [0.717, 1.165) is 57.9 Å². The Morgan fingerprint density at radius 3 is 2.47 bits per heavy atom. The lowest BCUT2D eigenvalue weighted by atomic mass is 9.69. The predicted molar refractivity (Wildman–Crippen MR) is 134 cm³/mol. The molecule has 2 aliphatic rings. The van der Waals surface area contributed by atoms with Crippen LogP contribution < -0.4 is 4.74 Å². The van der Waals surface area contributed by atoms with Crippen molar-refractivity contribution in [1.29, 1.82) is 0 Å². The second-order valence-electron chi connectivity index (χ2n) is 9.82. The molecule has 174 valence electrons. The molecule has 0 atom stereocenters. The summed E-state index contributed by atoms with van der Waals surface area (Å²) in [5.41, 5.74) is 6.81. The van der Waals surface area contributed by atoms with E-state index in [-0.39, 0.29) is 5.41 Å². The Bertz CT molecular complexity index is 1260. The fourth-order valence-electron chi connectivity index (χ4n) is 6.04. The SMILES string of the molecule is COc1ccc2c3c([nH]c2c1)CN(Cc1ccccc1)CC31CCN(Cc2cncnc2)CC1. The molecule has 1 N–H and O–H groups in total. The Balaban J connectivity index is 1.32. The van der Waals surface area contributed by atoms with Gasteiger partial charge in [-0.3, -0.25) is 9.80 Å². The van der Waals surface area contributed by atoms with E-state index in [1.54, 1.807) is 13.4 Å². The van der Waals surface area contributed by atoms with Crippen LogP contribution in [0.15, 0.2) is 67.3 Å². The van der Waals surface area contributed by atoms with Crippen LogP contribution in [-0.4, -0.2) is 51.5 Å². The van der Waals surface area contributed by atoms with E-state index >= 15 is 0 Å². The predicted octanol–water partition coefficient (Wildman–Crippen LogP) is 4.52. The summed E-state index contributed by atoms with van der Waals surface area (Å²) in [5.74, 6) is 0.904. The fraction of sp³-hybridized carbons (Fsp3) is 0.357. The molecule has 0 bridgehead atoms. The van der Waals surface area contributed by atoms with Crippen LogP contribution in [0.4, 0.5) is 0 Å². The largest absolute Gasteiger partial charge is 0.497 e. The highest BCUT2D eigenvalue weighted by molar-refractivity contribution is 5.87. The Kier molecular flexibility index (Phi) is 5.55. The molecular weight excluding hydrogens is 422 g/mol. The number of aromatic nitrogens is 3. The van der Waals surface area contributed by atoms with Crippen molar-refractivity contribution < 1.29 is 4.74 Å². The molecule has 1 fully saturated rings. The zero-order valence-electron chi connectivity index (χ0n) is 19.7. The molecule has 1 spiro atoms. The van der Waals surface area contributed by atoms with Gasteiger partial charge < -0.3 is 9.72 Å². The second-order valence-corrected chi connectivity index (χ2v) is 9.82. The summed E-state index contributed by atoms with van der Waals surface area (Å²) in [5, 5.41) is 1.36. The maximum atomic E-state index is 5.51. The van der Waals surface area contributed by atoms with Crippen molar-refractivity contribution in [2.75, 3.05) is 26.7 Å². The van der Waals surface area contributed by atoms with Gasteiger partial charge in [0.05, 0.1) is 7.11 Å². The zero-order chi connectivity index (χ0) is 23.0. The number of nitrogens with zero attached hydrogens (tertiary/aromatic N) is 4. The quantitative estimate of drug-likeness (QED) is 0.482. The lowest BCUT2D eigenvalue weighted by molar-refractivity contribution is 0.0911. The number of hydrogen-bond donors (Lipinski definition) is 1. The first kappa shape index (κ1) is 21.3. The number of hydrogen-bond acceptors (Lipinski definition) is 5. The first-order valence-electron chi connectivity index (χ1n) is 12.1. The van der Waals surface area contributed by atoms with Crippen LogP contribution in [0.25, 0.3) is 10.9 Å². The molecule has 6 heteroatoms. The number of nitrogens with one attached hydrogen (secondary N) is 1. The van der Waals surface area contributed by atoms with Gasteiger partial charge in [0.1, 0.15) is 12.1 Å². The van der Waals surface area contributed by atoms with Gasteiger partial charge in [0.25, 0.3) is 0 Å².